The van der Waals surface area contributed by atoms with Gasteiger partial charge in [0.05, 0.1) is 5.02 Å². The Labute approximate surface area is 103 Å². The molecule has 1 aliphatic heterocycles. The average Bonchev–Trinajstić information content (AvgIpc) is 2.74. The molecule has 1 saturated heterocycles. The molecule has 1 fully saturated rings. The molecule has 0 saturated carbocycles. The number of halogens is 2. The van der Waals surface area contributed by atoms with E-state index >= 15 is 0 Å². The number of hydrogen-bond donors (Lipinski definition) is 1. The second-order valence-corrected chi connectivity index (χ2v) is 4.72. The van der Waals surface area contributed by atoms with E-state index in [9.17, 15) is 4.39 Å². The van der Waals surface area contributed by atoms with Gasteiger partial charge in [-0.2, -0.15) is 0 Å². The molecule has 5 heteroatoms. The predicted molar refractivity (Wildman–Crippen MR) is 63.8 cm³/mol. The van der Waals surface area contributed by atoms with Crippen LogP contribution in [0.1, 0.15) is 24.7 Å². The third kappa shape index (κ3) is 2.03. The van der Waals surface area contributed by atoms with Crippen molar-refractivity contribution < 1.29 is 8.81 Å². The summed E-state index contributed by atoms with van der Waals surface area (Å²) in [5.74, 6) is 0.556. The minimum atomic E-state index is -0.466. The van der Waals surface area contributed by atoms with Gasteiger partial charge < -0.3 is 9.73 Å². The van der Waals surface area contributed by atoms with Gasteiger partial charge in [0.1, 0.15) is 11.3 Å². The van der Waals surface area contributed by atoms with Crippen LogP contribution in [0.5, 0.6) is 0 Å². The molecule has 2 heterocycles. The smallest absolute Gasteiger partial charge is 0.198 e. The lowest BCUT2D eigenvalue weighted by atomic mass is 9.98. The van der Waals surface area contributed by atoms with Crippen LogP contribution in [0.2, 0.25) is 5.02 Å². The summed E-state index contributed by atoms with van der Waals surface area (Å²) in [5, 5.41) is 3.37. The maximum absolute atomic E-state index is 13.3. The summed E-state index contributed by atoms with van der Waals surface area (Å²) in [6, 6.07) is 2.82. The quantitative estimate of drug-likeness (QED) is 0.850. The van der Waals surface area contributed by atoms with Crippen molar-refractivity contribution in [2.75, 3.05) is 13.1 Å². The van der Waals surface area contributed by atoms with E-state index in [4.69, 9.17) is 16.0 Å². The Hall–Kier alpha value is -1.13. The van der Waals surface area contributed by atoms with Crippen LogP contribution in [-0.2, 0) is 0 Å². The summed E-state index contributed by atoms with van der Waals surface area (Å²) in [6.07, 6.45) is 2.01. The van der Waals surface area contributed by atoms with Crippen LogP contribution in [0, 0.1) is 5.82 Å². The van der Waals surface area contributed by atoms with Gasteiger partial charge in [0.2, 0.25) is 0 Å². The first-order valence-corrected chi connectivity index (χ1v) is 6.08. The van der Waals surface area contributed by atoms with E-state index in [1.165, 1.54) is 12.1 Å². The highest BCUT2D eigenvalue weighted by Crippen LogP contribution is 2.29. The highest BCUT2D eigenvalue weighted by atomic mass is 35.5. The van der Waals surface area contributed by atoms with E-state index in [0.717, 1.165) is 25.9 Å². The van der Waals surface area contributed by atoms with Crippen molar-refractivity contribution in [2.24, 2.45) is 0 Å². The maximum Gasteiger partial charge on any atom is 0.198 e. The van der Waals surface area contributed by atoms with Gasteiger partial charge in [-0.25, -0.2) is 9.37 Å². The third-order valence-corrected chi connectivity index (χ3v) is 3.43. The Balaban J connectivity index is 2.00. The van der Waals surface area contributed by atoms with Crippen LogP contribution in [0.25, 0.3) is 11.1 Å². The van der Waals surface area contributed by atoms with Crippen molar-refractivity contribution in [2.45, 2.75) is 18.8 Å². The first-order valence-electron chi connectivity index (χ1n) is 5.70. The van der Waals surface area contributed by atoms with Gasteiger partial charge >= 0.3 is 0 Å². The zero-order valence-corrected chi connectivity index (χ0v) is 9.93. The lowest BCUT2D eigenvalue weighted by Crippen LogP contribution is -2.26. The molecule has 0 radical (unpaired) electrons. The van der Waals surface area contributed by atoms with Gasteiger partial charge in [0, 0.05) is 12.0 Å². The third-order valence-electron chi connectivity index (χ3n) is 3.14. The minimum absolute atomic E-state index is 0.0858. The molecule has 90 valence electrons. The molecule has 0 aliphatic carbocycles. The topological polar surface area (TPSA) is 38.1 Å². The predicted octanol–water partition coefficient (Wildman–Crippen LogP) is 3.09. The van der Waals surface area contributed by atoms with E-state index in [0.29, 0.717) is 22.9 Å². The molecule has 1 aromatic heterocycles. The maximum atomic E-state index is 13.3. The van der Waals surface area contributed by atoms with Gasteiger partial charge in [-0.05, 0) is 32.0 Å². The standard InChI is InChI=1S/C12H12ClFN2O/c13-8-5-10-11(6-9(8)14)17-12(16-10)7-1-3-15-4-2-7/h5-7,15H,1-4H2. The minimum Gasteiger partial charge on any atom is -0.440 e. The lowest BCUT2D eigenvalue weighted by molar-refractivity contribution is 0.385. The Bertz CT molecular complexity index is 510. The van der Waals surface area contributed by atoms with Crippen molar-refractivity contribution in [3.8, 4) is 0 Å². The summed E-state index contributed by atoms with van der Waals surface area (Å²) in [5.41, 5.74) is 1.10. The second kappa shape index (κ2) is 4.27. The van der Waals surface area contributed by atoms with Gasteiger partial charge in [-0.15, -0.1) is 0 Å². The molecular formula is C12H12ClFN2O. The zero-order valence-electron chi connectivity index (χ0n) is 9.17. The average molecular weight is 255 g/mol. The van der Waals surface area contributed by atoms with Crippen molar-refractivity contribution in [3.05, 3.63) is 28.9 Å². The highest BCUT2D eigenvalue weighted by Gasteiger charge is 2.21. The molecule has 1 aliphatic rings. The molecule has 3 rings (SSSR count). The molecule has 0 spiro atoms. The molecule has 0 amide bonds. The Morgan fingerprint density at radius 2 is 2.12 bits per heavy atom. The van der Waals surface area contributed by atoms with Crippen molar-refractivity contribution in [1.82, 2.24) is 10.3 Å². The molecular weight excluding hydrogens is 243 g/mol. The largest absolute Gasteiger partial charge is 0.440 e. The molecule has 3 nitrogen and oxygen atoms in total. The summed E-state index contributed by atoms with van der Waals surface area (Å²) >= 11 is 5.72. The second-order valence-electron chi connectivity index (χ2n) is 4.31. The number of piperidine rings is 1. The molecule has 0 bridgehead atoms. The van der Waals surface area contributed by atoms with Crippen molar-refractivity contribution in [1.29, 1.82) is 0 Å². The number of aromatic nitrogens is 1. The number of nitrogens with zero attached hydrogens (tertiary/aromatic N) is 1. The van der Waals surface area contributed by atoms with Crippen molar-refractivity contribution in [3.63, 3.8) is 0 Å². The summed E-state index contributed by atoms with van der Waals surface area (Å²) in [6.45, 7) is 1.94. The normalized spacial score (nSPS) is 17.8. The monoisotopic (exact) mass is 254 g/mol. The summed E-state index contributed by atoms with van der Waals surface area (Å²) in [7, 11) is 0. The molecule has 0 unspecified atom stereocenters. The Kier molecular flexibility index (Phi) is 2.76. The van der Waals surface area contributed by atoms with Gasteiger partial charge in [-0.1, -0.05) is 11.6 Å². The van der Waals surface area contributed by atoms with Crippen LogP contribution >= 0.6 is 11.6 Å². The summed E-state index contributed by atoms with van der Waals surface area (Å²) < 4.78 is 18.9. The molecule has 0 atom stereocenters. The Morgan fingerprint density at radius 3 is 2.88 bits per heavy atom. The van der Waals surface area contributed by atoms with Gasteiger partial charge in [-0.3, -0.25) is 0 Å². The van der Waals surface area contributed by atoms with E-state index in [1.54, 1.807) is 0 Å². The van der Waals surface area contributed by atoms with Gasteiger partial charge in [0.25, 0.3) is 0 Å². The van der Waals surface area contributed by atoms with Crippen LogP contribution in [0.15, 0.2) is 16.5 Å². The number of rotatable bonds is 1. The van der Waals surface area contributed by atoms with Gasteiger partial charge in [0.15, 0.2) is 11.5 Å². The van der Waals surface area contributed by atoms with Crippen LogP contribution in [0.3, 0.4) is 0 Å². The number of oxazole rings is 1. The van der Waals surface area contributed by atoms with E-state index in [2.05, 4.69) is 10.3 Å². The van der Waals surface area contributed by atoms with E-state index in [1.807, 2.05) is 0 Å². The van der Waals surface area contributed by atoms with Crippen LogP contribution in [0.4, 0.5) is 4.39 Å². The first kappa shape index (κ1) is 11.0. The van der Waals surface area contributed by atoms with Crippen LogP contribution < -0.4 is 5.32 Å². The summed E-state index contributed by atoms with van der Waals surface area (Å²) in [4.78, 5) is 4.39. The number of fused-ring (bicyclic) bond motifs is 1. The SMILES string of the molecule is Fc1cc2oc(C3CCNCC3)nc2cc1Cl. The first-order chi connectivity index (χ1) is 8.24. The van der Waals surface area contributed by atoms with Crippen LogP contribution in [-0.4, -0.2) is 18.1 Å². The highest BCUT2D eigenvalue weighted by molar-refractivity contribution is 6.31. The molecule has 2 aromatic rings. The zero-order chi connectivity index (χ0) is 11.8. The molecule has 1 N–H and O–H groups in total. The van der Waals surface area contributed by atoms with Crippen molar-refractivity contribution >= 4 is 22.7 Å². The van der Waals surface area contributed by atoms with E-state index in [-0.39, 0.29) is 5.02 Å². The fraction of sp³-hybridized carbons (Fsp3) is 0.417. The Morgan fingerprint density at radius 1 is 1.35 bits per heavy atom. The molecule has 17 heavy (non-hydrogen) atoms. The lowest BCUT2D eigenvalue weighted by Gasteiger charge is -2.19. The number of nitrogens with one attached hydrogen (secondary N) is 1. The number of benzene rings is 1. The fourth-order valence-electron chi connectivity index (χ4n) is 2.18. The van der Waals surface area contributed by atoms with E-state index < -0.39 is 5.82 Å². The fourth-order valence-corrected chi connectivity index (χ4v) is 2.34. The number of hydrogen-bond acceptors (Lipinski definition) is 3. The molecule has 1 aromatic carbocycles.